The van der Waals surface area contributed by atoms with Gasteiger partial charge in [-0.1, -0.05) is 36.9 Å². The fraction of sp³-hybridized carbons (Fsp3) is 0.300. The van der Waals surface area contributed by atoms with Gasteiger partial charge in [-0.25, -0.2) is 4.98 Å². The third-order valence-electron chi connectivity index (χ3n) is 4.78. The fourth-order valence-electron chi connectivity index (χ4n) is 3.36. The molecule has 0 atom stereocenters. The first-order valence-corrected chi connectivity index (χ1v) is 8.92. The summed E-state index contributed by atoms with van der Waals surface area (Å²) in [7, 11) is 0. The van der Waals surface area contributed by atoms with Crippen LogP contribution in [0.15, 0.2) is 66.3 Å². The van der Waals surface area contributed by atoms with Gasteiger partial charge in [-0.3, -0.25) is 4.98 Å². The molecule has 1 aliphatic rings. The van der Waals surface area contributed by atoms with E-state index in [0.29, 0.717) is 18.1 Å². The Labute approximate surface area is 159 Å². The molecule has 1 saturated heterocycles. The molecular weight excluding hydrogens is 338 g/mol. The highest BCUT2D eigenvalue weighted by Crippen LogP contribution is 2.25. The van der Waals surface area contributed by atoms with Crippen LogP contribution in [0, 0.1) is 17.2 Å². The van der Waals surface area contributed by atoms with E-state index in [0.717, 1.165) is 37.3 Å². The van der Waals surface area contributed by atoms with Gasteiger partial charge in [-0.15, -0.1) is 0 Å². The summed E-state index contributed by atoms with van der Waals surface area (Å²) in [6, 6.07) is 12.1. The number of anilines is 1. The normalized spacial score (nSPS) is 15.2. The third-order valence-corrected chi connectivity index (χ3v) is 4.78. The van der Waals surface area contributed by atoms with E-state index >= 15 is 0 Å². The van der Waals surface area contributed by atoms with Gasteiger partial charge in [0, 0.05) is 37.9 Å². The molecule has 7 heteroatoms. The minimum atomic E-state index is 0.164. The van der Waals surface area contributed by atoms with E-state index in [1.807, 2.05) is 35.2 Å². The van der Waals surface area contributed by atoms with Crippen molar-refractivity contribution < 1.29 is 0 Å². The Morgan fingerprint density at radius 2 is 2.04 bits per heavy atom. The molecule has 1 aliphatic heterocycles. The van der Waals surface area contributed by atoms with E-state index in [1.165, 1.54) is 0 Å². The molecule has 1 fully saturated rings. The maximum absolute atomic E-state index is 9.41. The van der Waals surface area contributed by atoms with E-state index < -0.39 is 0 Å². The lowest BCUT2D eigenvalue weighted by atomic mass is 9.94. The average molecular weight is 361 g/mol. The van der Waals surface area contributed by atoms with Gasteiger partial charge in [-0.2, -0.15) is 10.4 Å². The smallest absolute Gasteiger partial charge is 0.147 e. The van der Waals surface area contributed by atoms with Crippen molar-refractivity contribution in [1.29, 1.82) is 5.26 Å². The summed E-state index contributed by atoms with van der Waals surface area (Å²) in [5, 5.41) is 13.5. The number of hydrogen-bond acceptors (Lipinski definition) is 6. The molecule has 2 aromatic rings. The van der Waals surface area contributed by atoms with Crippen LogP contribution in [0.2, 0.25) is 0 Å². The molecule has 2 heterocycles. The number of aromatic nitrogens is 2. The zero-order valence-electron chi connectivity index (χ0n) is 15.2. The lowest BCUT2D eigenvalue weighted by Crippen LogP contribution is -2.42. The number of nitrogens with zero attached hydrogens (tertiary/aromatic N) is 6. The third kappa shape index (κ3) is 4.42. The topological polar surface area (TPSA) is 94.4 Å². The zero-order valence-corrected chi connectivity index (χ0v) is 15.2. The van der Waals surface area contributed by atoms with Crippen molar-refractivity contribution in [3.63, 3.8) is 0 Å². The molecule has 0 unspecified atom stereocenters. The average Bonchev–Trinajstić information content (AvgIpc) is 2.75. The van der Waals surface area contributed by atoms with Crippen molar-refractivity contribution in [1.82, 2.24) is 14.9 Å². The highest BCUT2D eigenvalue weighted by molar-refractivity contribution is 5.86. The molecule has 1 aromatic carbocycles. The number of hydrogen-bond donors (Lipinski definition) is 1. The van der Waals surface area contributed by atoms with Crippen LogP contribution in [-0.4, -0.2) is 33.8 Å². The number of amidine groups is 1. The molecule has 7 nitrogen and oxygen atoms in total. The van der Waals surface area contributed by atoms with E-state index in [-0.39, 0.29) is 5.92 Å². The maximum Gasteiger partial charge on any atom is 0.147 e. The standard InChI is InChI=1S/C20H23N7/c1-16(13-21)27(15-17-5-3-2-4-6-17)20(25-22)18-7-11-26(12-8-18)19-14-23-9-10-24-19/h2-6,9-10,14,18H,1,7-8,11-12,15,22H2/b25-20-. The Kier molecular flexibility index (Phi) is 6.00. The number of nitriles is 1. The van der Waals surface area contributed by atoms with Crippen molar-refractivity contribution in [2.24, 2.45) is 16.9 Å². The van der Waals surface area contributed by atoms with Gasteiger partial charge in [0.2, 0.25) is 0 Å². The predicted octanol–water partition coefficient (Wildman–Crippen LogP) is 2.50. The monoisotopic (exact) mass is 361 g/mol. The van der Waals surface area contributed by atoms with E-state index in [2.05, 4.69) is 32.6 Å². The molecular formula is C20H23N7. The molecule has 0 bridgehead atoms. The summed E-state index contributed by atoms with van der Waals surface area (Å²) in [6.45, 7) is 6.08. The minimum absolute atomic E-state index is 0.164. The molecule has 138 valence electrons. The second kappa shape index (κ2) is 8.81. The lowest BCUT2D eigenvalue weighted by Gasteiger charge is -2.36. The summed E-state index contributed by atoms with van der Waals surface area (Å²) < 4.78 is 0. The molecule has 1 aromatic heterocycles. The first-order chi connectivity index (χ1) is 13.2. The van der Waals surface area contributed by atoms with Crippen LogP contribution in [0.25, 0.3) is 0 Å². The summed E-state index contributed by atoms with van der Waals surface area (Å²) in [5.41, 5.74) is 1.42. The van der Waals surface area contributed by atoms with Gasteiger partial charge in [0.15, 0.2) is 0 Å². The Hall–Kier alpha value is -3.40. The van der Waals surface area contributed by atoms with Gasteiger partial charge >= 0.3 is 0 Å². The minimum Gasteiger partial charge on any atom is -0.355 e. The van der Waals surface area contributed by atoms with Gasteiger partial charge < -0.3 is 15.6 Å². The molecule has 2 N–H and O–H groups in total. The second-order valence-electron chi connectivity index (χ2n) is 6.44. The fourth-order valence-corrected chi connectivity index (χ4v) is 3.36. The van der Waals surface area contributed by atoms with Gasteiger partial charge in [0.1, 0.15) is 23.4 Å². The van der Waals surface area contributed by atoms with Crippen molar-refractivity contribution in [3.05, 3.63) is 66.8 Å². The number of benzene rings is 1. The Bertz CT molecular complexity index is 818. The number of hydrazone groups is 1. The molecule has 0 saturated carbocycles. The zero-order chi connectivity index (χ0) is 19.1. The number of piperidine rings is 1. The van der Waals surface area contributed by atoms with E-state index in [1.54, 1.807) is 18.6 Å². The van der Waals surface area contributed by atoms with Crippen LogP contribution in [0.3, 0.4) is 0 Å². The molecule has 27 heavy (non-hydrogen) atoms. The highest BCUT2D eigenvalue weighted by atomic mass is 15.3. The van der Waals surface area contributed by atoms with Crippen LogP contribution in [0.4, 0.5) is 5.82 Å². The predicted molar refractivity (Wildman–Crippen MR) is 105 cm³/mol. The van der Waals surface area contributed by atoms with Crippen LogP contribution < -0.4 is 10.7 Å². The first kappa shape index (κ1) is 18.4. The van der Waals surface area contributed by atoms with Gasteiger partial charge in [0.05, 0.1) is 6.20 Å². The maximum atomic E-state index is 9.41. The van der Waals surface area contributed by atoms with Crippen molar-refractivity contribution in [3.8, 4) is 6.07 Å². The summed E-state index contributed by atoms with van der Waals surface area (Å²) in [6.07, 6.45) is 6.89. The molecule has 3 rings (SSSR count). The van der Waals surface area contributed by atoms with Crippen LogP contribution >= 0.6 is 0 Å². The molecule has 0 spiro atoms. The van der Waals surface area contributed by atoms with E-state index in [9.17, 15) is 5.26 Å². The largest absolute Gasteiger partial charge is 0.355 e. The van der Waals surface area contributed by atoms with Gasteiger partial charge in [-0.05, 0) is 18.4 Å². The number of nitrogens with two attached hydrogens (primary N) is 1. The SMILES string of the molecule is C=C(C#N)N(Cc1ccccc1)/C(=N\N)C1CCN(c2cnccn2)CC1. The first-order valence-electron chi connectivity index (χ1n) is 8.92. The van der Waals surface area contributed by atoms with Crippen molar-refractivity contribution in [2.45, 2.75) is 19.4 Å². The van der Waals surface area contributed by atoms with Crippen LogP contribution in [-0.2, 0) is 6.54 Å². The number of rotatable bonds is 5. The number of allylic oxidation sites excluding steroid dienone is 1. The second-order valence-corrected chi connectivity index (χ2v) is 6.44. The summed E-state index contributed by atoms with van der Waals surface area (Å²) >= 11 is 0. The summed E-state index contributed by atoms with van der Waals surface area (Å²) in [4.78, 5) is 12.5. The van der Waals surface area contributed by atoms with Gasteiger partial charge in [0.25, 0.3) is 0 Å². The molecule has 0 radical (unpaired) electrons. The summed E-state index contributed by atoms with van der Waals surface area (Å²) in [5.74, 6) is 7.51. The van der Waals surface area contributed by atoms with Crippen molar-refractivity contribution in [2.75, 3.05) is 18.0 Å². The Morgan fingerprint density at radius 1 is 1.30 bits per heavy atom. The highest BCUT2D eigenvalue weighted by Gasteiger charge is 2.29. The quantitative estimate of drug-likeness (QED) is 0.289. The van der Waals surface area contributed by atoms with Crippen LogP contribution in [0.5, 0.6) is 0 Å². The Balaban J connectivity index is 1.72. The van der Waals surface area contributed by atoms with Crippen molar-refractivity contribution >= 4 is 11.7 Å². The lowest BCUT2D eigenvalue weighted by molar-refractivity contribution is 0.426. The van der Waals surface area contributed by atoms with Crippen LogP contribution in [0.1, 0.15) is 18.4 Å². The molecule has 0 aliphatic carbocycles. The Morgan fingerprint density at radius 3 is 2.63 bits per heavy atom. The molecule has 0 amide bonds. The van der Waals surface area contributed by atoms with E-state index in [4.69, 9.17) is 5.84 Å².